The van der Waals surface area contributed by atoms with Gasteiger partial charge in [-0.1, -0.05) is 18.2 Å². The molecule has 0 saturated heterocycles. The predicted molar refractivity (Wildman–Crippen MR) is 194 cm³/mol. The molecule has 6 unspecified atom stereocenters. The number of phenolic OH excluding ortho intramolecular Hbond substituents is 6. The molecule has 0 aliphatic carbocycles. The lowest BCUT2D eigenvalue weighted by Crippen LogP contribution is -2.54. The van der Waals surface area contributed by atoms with Gasteiger partial charge in [-0.25, -0.2) is 14.4 Å². The fourth-order valence-corrected chi connectivity index (χ4v) is 5.06. The van der Waals surface area contributed by atoms with Gasteiger partial charge in [-0.2, -0.15) is 0 Å². The van der Waals surface area contributed by atoms with Crippen LogP contribution >= 0.6 is 0 Å². The number of para-hydroxylation sites is 3. The molecule has 58 heavy (non-hydrogen) atoms. The number of benzene rings is 3. The minimum absolute atomic E-state index is 0.213. The minimum Gasteiger partial charge on any atom is -0.504 e. The van der Waals surface area contributed by atoms with Crippen LogP contribution in [0.1, 0.15) is 64.7 Å². The Morgan fingerprint density at radius 1 is 0.569 bits per heavy atom. The van der Waals surface area contributed by atoms with E-state index in [9.17, 15) is 74.4 Å². The minimum atomic E-state index is -1.98. The first kappa shape index (κ1) is 45.1. The summed E-state index contributed by atoms with van der Waals surface area (Å²) in [4.78, 5) is 89.5. The van der Waals surface area contributed by atoms with Crippen LogP contribution in [-0.2, 0) is 33.4 Å². The SMILES string of the molecule is CC(O)C(NC(=O)c1cccc(O)c1O)C(=O)OCCCC(=O)OC(C)C(NC(=O)c1cccc(O)c1O)C(=O)OC(C)C(NC(=O)c1cccc(O)c1O)C(=O)O. The van der Waals surface area contributed by atoms with Crippen LogP contribution in [0.3, 0.4) is 0 Å². The zero-order valence-corrected chi connectivity index (χ0v) is 30.9. The van der Waals surface area contributed by atoms with Gasteiger partial charge in [0.1, 0.15) is 12.2 Å². The van der Waals surface area contributed by atoms with Crippen molar-refractivity contribution in [1.29, 1.82) is 0 Å². The molecule has 3 aromatic rings. The number of rotatable bonds is 18. The molecular weight excluding hydrogens is 774 g/mol. The number of aliphatic carboxylic acids is 1. The molecule has 0 bridgehead atoms. The van der Waals surface area contributed by atoms with Gasteiger partial charge in [-0.3, -0.25) is 19.2 Å². The van der Waals surface area contributed by atoms with E-state index in [-0.39, 0.29) is 6.42 Å². The molecule has 6 atom stereocenters. The third-order valence-electron chi connectivity index (χ3n) is 8.22. The summed E-state index contributed by atoms with van der Waals surface area (Å²) in [6.45, 7) is 2.90. The van der Waals surface area contributed by atoms with Crippen LogP contribution in [0.5, 0.6) is 34.5 Å². The summed E-state index contributed by atoms with van der Waals surface area (Å²) in [5.74, 6) is -13.1. The van der Waals surface area contributed by atoms with E-state index in [4.69, 9.17) is 14.2 Å². The summed E-state index contributed by atoms with van der Waals surface area (Å²) >= 11 is 0. The highest BCUT2D eigenvalue weighted by Crippen LogP contribution is 2.30. The van der Waals surface area contributed by atoms with Gasteiger partial charge in [0.05, 0.1) is 29.4 Å². The van der Waals surface area contributed by atoms with Gasteiger partial charge in [0, 0.05) is 6.42 Å². The second-order valence-electron chi connectivity index (χ2n) is 12.6. The lowest BCUT2D eigenvalue weighted by Gasteiger charge is -2.27. The maximum atomic E-state index is 13.5. The van der Waals surface area contributed by atoms with Gasteiger partial charge in [0.15, 0.2) is 52.6 Å². The van der Waals surface area contributed by atoms with Crippen molar-refractivity contribution in [2.45, 2.75) is 70.1 Å². The molecule has 0 heterocycles. The van der Waals surface area contributed by atoms with E-state index < -0.39 is 142 Å². The largest absolute Gasteiger partial charge is 0.504 e. The van der Waals surface area contributed by atoms with Gasteiger partial charge in [-0.05, 0) is 63.6 Å². The van der Waals surface area contributed by atoms with Crippen LogP contribution in [-0.4, -0.2) is 125 Å². The number of ether oxygens (including phenoxy) is 3. The van der Waals surface area contributed by atoms with Gasteiger partial charge >= 0.3 is 23.9 Å². The molecule has 3 amide bonds. The molecule has 11 N–H and O–H groups in total. The van der Waals surface area contributed by atoms with E-state index in [0.717, 1.165) is 57.2 Å². The van der Waals surface area contributed by atoms with Crippen LogP contribution in [0.2, 0.25) is 0 Å². The van der Waals surface area contributed by atoms with Crippen LogP contribution in [0, 0.1) is 0 Å². The van der Waals surface area contributed by atoms with E-state index >= 15 is 0 Å². The number of hydrogen-bond donors (Lipinski definition) is 11. The number of aliphatic hydroxyl groups excluding tert-OH is 1. The quantitative estimate of drug-likeness (QED) is 0.0355. The number of phenols is 6. The summed E-state index contributed by atoms with van der Waals surface area (Å²) < 4.78 is 15.6. The molecule has 0 radical (unpaired) electrons. The molecule has 21 nitrogen and oxygen atoms in total. The van der Waals surface area contributed by atoms with E-state index in [1.54, 1.807) is 0 Å². The number of carbonyl (C=O) groups excluding carboxylic acids is 6. The fourth-order valence-electron chi connectivity index (χ4n) is 5.06. The van der Waals surface area contributed by atoms with E-state index in [1.807, 2.05) is 5.32 Å². The summed E-state index contributed by atoms with van der Waals surface area (Å²) in [5.41, 5.74) is -1.45. The molecule has 0 aromatic heterocycles. The monoisotopic (exact) mass is 815 g/mol. The van der Waals surface area contributed by atoms with Crippen molar-refractivity contribution in [2.75, 3.05) is 6.61 Å². The highest BCUT2D eigenvalue weighted by Gasteiger charge is 2.37. The first-order valence-electron chi connectivity index (χ1n) is 17.2. The summed E-state index contributed by atoms with van der Waals surface area (Å²) in [7, 11) is 0. The Morgan fingerprint density at radius 2 is 0.966 bits per heavy atom. The Morgan fingerprint density at radius 3 is 1.38 bits per heavy atom. The number of nitrogens with one attached hydrogen (secondary N) is 3. The average Bonchev–Trinajstić information content (AvgIpc) is 3.15. The molecule has 0 spiro atoms. The van der Waals surface area contributed by atoms with Gasteiger partial charge in [-0.15, -0.1) is 0 Å². The van der Waals surface area contributed by atoms with Gasteiger partial charge < -0.3 is 71.0 Å². The lowest BCUT2D eigenvalue weighted by atomic mass is 10.1. The summed E-state index contributed by atoms with van der Waals surface area (Å²) in [5, 5.41) is 85.6. The smallest absolute Gasteiger partial charge is 0.332 e. The second-order valence-corrected chi connectivity index (χ2v) is 12.6. The summed E-state index contributed by atoms with van der Waals surface area (Å²) in [6, 6.07) is 4.61. The molecule has 0 aliphatic heterocycles. The van der Waals surface area contributed by atoms with E-state index in [2.05, 4.69) is 10.6 Å². The van der Waals surface area contributed by atoms with Gasteiger partial charge in [0.25, 0.3) is 17.7 Å². The number of aromatic hydroxyl groups is 6. The van der Waals surface area contributed by atoms with Crippen LogP contribution in [0.4, 0.5) is 0 Å². The van der Waals surface area contributed by atoms with Crippen LogP contribution < -0.4 is 16.0 Å². The van der Waals surface area contributed by atoms with E-state index in [1.165, 1.54) is 18.2 Å². The molecule has 312 valence electrons. The number of hydrogen-bond acceptors (Lipinski definition) is 17. The van der Waals surface area contributed by atoms with Crippen molar-refractivity contribution in [1.82, 2.24) is 16.0 Å². The predicted octanol–water partition coefficient (Wildman–Crippen LogP) is 0.268. The first-order chi connectivity index (χ1) is 27.2. The highest BCUT2D eigenvalue weighted by atomic mass is 16.6. The Bertz CT molecular complexity index is 2040. The molecule has 3 aromatic carbocycles. The molecule has 0 aliphatic rings. The first-order valence-corrected chi connectivity index (χ1v) is 17.2. The van der Waals surface area contributed by atoms with Gasteiger partial charge in [0.2, 0.25) is 0 Å². The Balaban J connectivity index is 1.69. The zero-order valence-electron chi connectivity index (χ0n) is 30.9. The maximum Gasteiger partial charge on any atom is 0.332 e. The number of carbonyl (C=O) groups is 7. The van der Waals surface area contributed by atoms with Crippen molar-refractivity contribution >= 4 is 41.6 Å². The van der Waals surface area contributed by atoms with Crippen molar-refractivity contribution < 1.29 is 88.6 Å². The number of esters is 3. The Kier molecular flexibility index (Phi) is 15.6. The standard InChI is InChI=1S/C37H41N3O18/c1-16(41)26(38-32(49)19-8-4-11-22(42)29(19)46)36(54)56-15-7-14-25(45)57-18(3)28(40-34(51)21-10-6-13-24(44)31(21)48)37(55)58-17(2)27(35(52)53)39-33(50)20-9-5-12-23(43)30(20)47/h4-6,8-13,16-18,26-28,41-44,46-48H,7,14-15H2,1-3H3,(H,38,49)(H,39,50)(H,40,51)(H,52,53). The number of carboxylic acid groups (broad SMARTS) is 1. The third-order valence-corrected chi connectivity index (χ3v) is 8.22. The molecule has 0 fully saturated rings. The summed E-state index contributed by atoms with van der Waals surface area (Å²) in [6.07, 6.45) is -5.49. The zero-order chi connectivity index (χ0) is 43.4. The second kappa shape index (κ2) is 20.0. The topological polar surface area (TPSA) is 345 Å². The number of carboxylic acids is 1. The van der Waals surface area contributed by atoms with Crippen molar-refractivity contribution in [3.8, 4) is 34.5 Å². The van der Waals surface area contributed by atoms with E-state index in [0.29, 0.717) is 0 Å². The average molecular weight is 816 g/mol. The normalized spacial score (nSPS) is 13.9. The van der Waals surface area contributed by atoms with Crippen molar-refractivity contribution in [2.24, 2.45) is 0 Å². The van der Waals surface area contributed by atoms with Crippen LogP contribution in [0.15, 0.2) is 54.6 Å². The van der Waals surface area contributed by atoms with Crippen molar-refractivity contribution in [3.05, 3.63) is 71.3 Å². The molecule has 21 heteroatoms. The highest BCUT2D eigenvalue weighted by molar-refractivity contribution is 6.01. The Hall–Kier alpha value is -7.29. The number of aliphatic hydroxyl groups is 1. The lowest BCUT2D eigenvalue weighted by molar-refractivity contribution is -0.163. The maximum absolute atomic E-state index is 13.5. The Labute approximate surface area is 328 Å². The van der Waals surface area contributed by atoms with Crippen molar-refractivity contribution in [3.63, 3.8) is 0 Å². The fraction of sp³-hybridized carbons (Fsp3) is 0.324. The van der Waals surface area contributed by atoms with Crippen LogP contribution in [0.25, 0.3) is 0 Å². The molecule has 3 rings (SSSR count). The molecule has 0 saturated carbocycles. The number of amides is 3. The molecular formula is C37H41N3O18. The third kappa shape index (κ3) is 11.6.